The van der Waals surface area contributed by atoms with E-state index in [2.05, 4.69) is 14.9 Å². The molecule has 0 fully saturated rings. The minimum absolute atomic E-state index is 0.128. The molecule has 1 heterocycles. The average molecular weight is 215 g/mol. The maximum absolute atomic E-state index is 5.86. The number of oxime groups is 1. The highest BCUT2D eigenvalue weighted by Gasteiger charge is 1.96. The molecule has 0 aliphatic carbocycles. The Morgan fingerprint density at radius 2 is 2.43 bits per heavy atom. The summed E-state index contributed by atoms with van der Waals surface area (Å²) in [5.74, 6) is 0. The second-order valence-electron chi connectivity index (χ2n) is 2.61. The first kappa shape index (κ1) is 10.9. The molecule has 0 spiro atoms. The van der Waals surface area contributed by atoms with Gasteiger partial charge in [0.05, 0.1) is 16.9 Å². The van der Waals surface area contributed by atoms with Crippen molar-refractivity contribution >= 4 is 17.8 Å². The first-order chi connectivity index (χ1) is 6.74. The number of nitrogens with zero attached hydrogens (tertiary/aromatic N) is 2. The fraction of sp³-hybridized carbons (Fsp3) is 0.333. The summed E-state index contributed by atoms with van der Waals surface area (Å²) in [5.41, 5.74) is 1.58. The van der Waals surface area contributed by atoms with E-state index in [0.717, 1.165) is 11.3 Å². The van der Waals surface area contributed by atoms with Crippen molar-refractivity contribution < 1.29 is 9.57 Å². The highest BCUT2D eigenvalue weighted by Crippen LogP contribution is 2.12. The molecule has 0 aromatic carbocycles. The number of aryl methyl sites for hydroxylation is 1. The van der Waals surface area contributed by atoms with Crippen LogP contribution in [0.25, 0.3) is 0 Å². The number of hydrogen-bond acceptors (Lipinski definition) is 4. The summed E-state index contributed by atoms with van der Waals surface area (Å²) in [6.07, 6.45) is 3.19. The molecule has 0 saturated heterocycles. The zero-order valence-corrected chi connectivity index (χ0v) is 8.78. The van der Waals surface area contributed by atoms with Gasteiger partial charge in [-0.25, -0.2) is 0 Å². The van der Waals surface area contributed by atoms with Gasteiger partial charge in [0.25, 0.3) is 0 Å². The molecule has 76 valence electrons. The van der Waals surface area contributed by atoms with Crippen molar-refractivity contribution in [2.24, 2.45) is 5.16 Å². The van der Waals surface area contributed by atoms with Crippen molar-refractivity contribution in [1.29, 1.82) is 0 Å². The van der Waals surface area contributed by atoms with Crippen LogP contribution in [0.3, 0.4) is 0 Å². The molecule has 5 heteroatoms. The van der Waals surface area contributed by atoms with Crippen molar-refractivity contribution in [1.82, 2.24) is 4.98 Å². The van der Waals surface area contributed by atoms with Crippen LogP contribution in [0.1, 0.15) is 11.3 Å². The molecule has 0 bridgehead atoms. The van der Waals surface area contributed by atoms with Gasteiger partial charge in [-0.1, -0.05) is 16.8 Å². The number of pyridine rings is 1. The summed E-state index contributed by atoms with van der Waals surface area (Å²) in [5, 5.41) is 4.27. The summed E-state index contributed by atoms with van der Waals surface area (Å²) in [6, 6.07) is 1.77. The number of rotatable bonds is 4. The van der Waals surface area contributed by atoms with E-state index in [0.29, 0.717) is 5.02 Å². The third-order valence-electron chi connectivity index (χ3n) is 1.49. The molecule has 0 aliphatic heterocycles. The third kappa shape index (κ3) is 3.32. The Balaban J connectivity index is 2.59. The van der Waals surface area contributed by atoms with Crippen LogP contribution in [0, 0.1) is 6.92 Å². The lowest BCUT2D eigenvalue weighted by molar-refractivity contribution is -0.0275. The molecular weight excluding hydrogens is 204 g/mol. The first-order valence-electron chi connectivity index (χ1n) is 4.00. The quantitative estimate of drug-likeness (QED) is 0.333. The van der Waals surface area contributed by atoms with Gasteiger partial charge in [-0.15, -0.1) is 0 Å². The Kier molecular flexibility index (Phi) is 4.35. The SMILES string of the molecule is COCO/N=C/c1cnc(C)c(Cl)c1. The summed E-state index contributed by atoms with van der Waals surface area (Å²) in [7, 11) is 1.53. The monoisotopic (exact) mass is 214 g/mol. The molecule has 1 rings (SSSR count). The van der Waals surface area contributed by atoms with Gasteiger partial charge in [0, 0.05) is 18.9 Å². The second kappa shape index (κ2) is 5.57. The molecule has 0 aliphatic rings. The van der Waals surface area contributed by atoms with Crippen LogP contribution in [-0.2, 0) is 9.57 Å². The zero-order valence-electron chi connectivity index (χ0n) is 8.03. The predicted molar refractivity (Wildman–Crippen MR) is 54.5 cm³/mol. The van der Waals surface area contributed by atoms with E-state index in [1.165, 1.54) is 13.3 Å². The Hall–Kier alpha value is -1.13. The van der Waals surface area contributed by atoms with Crippen LogP contribution in [0.4, 0.5) is 0 Å². The summed E-state index contributed by atoms with van der Waals surface area (Å²) < 4.78 is 4.64. The third-order valence-corrected chi connectivity index (χ3v) is 1.88. The van der Waals surface area contributed by atoms with Crippen molar-refractivity contribution in [2.45, 2.75) is 6.92 Å². The summed E-state index contributed by atoms with van der Waals surface area (Å²) >= 11 is 5.86. The van der Waals surface area contributed by atoms with Gasteiger partial charge >= 0.3 is 0 Å². The van der Waals surface area contributed by atoms with Gasteiger partial charge in [-0.05, 0) is 13.0 Å². The van der Waals surface area contributed by atoms with Crippen molar-refractivity contribution in [3.8, 4) is 0 Å². The van der Waals surface area contributed by atoms with Crippen molar-refractivity contribution in [2.75, 3.05) is 13.9 Å². The van der Waals surface area contributed by atoms with Crippen LogP contribution in [-0.4, -0.2) is 25.1 Å². The Morgan fingerprint density at radius 3 is 3.07 bits per heavy atom. The molecule has 4 nitrogen and oxygen atoms in total. The predicted octanol–water partition coefficient (Wildman–Crippen LogP) is 2.00. The lowest BCUT2D eigenvalue weighted by atomic mass is 10.3. The normalized spacial score (nSPS) is 10.8. The van der Waals surface area contributed by atoms with Gasteiger partial charge in [0.15, 0.2) is 0 Å². The van der Waals surface area contributed by atoms with E-state index >= 15 is 0 Å². The molecule has 0 saturated carbocycles. The van der Waals surface area contributed by atoms with E-state index in [-0.39, 0.29) is 6.79 Å². The maximum atomic E-state index is 5.86. The smallest absolute Gasteiger partial charge is 0.216 e. The standard InChI is InChI=1S/C9H11ClN2O2/c1-7-9(10)3-8(4-11-7)5-12-14-6-13-2/h3-5H,6H2,1-2H3/b12-5+. The van der Waals surface area contributed by atoms with Gasteiger partial charge in [0.1, 0.15) is 0 Å². The molecule has 14 heavy (non-hydrogen) atoms. The Morgan fingerprint density at radius 1 is 1.64 bits per heavy atom. The number of aromatic nitrogens is 1. The number of halogens is 1. The topological polar surface area (TPSA) is 43.7 Å². The zero-order chi connectivity index (χ0) is 10.4. The number of methoxy groups -OCH3 is 1. The van der Waals surface area contributed by atoms with Crippen LogP contribution in [0.15, 0.2) is 17.4 Å². The molecule has 0 atom stereocenters. The molecule has 1 aromatic heterocycles. The second-order valence-corrected chi connectivity index (χ2v) is 3.01. The minimum Gasteiger partial charge on any atom is -0.367 e. The van der Waals surface area contributed by atoms with Gasteiger partial charge in [-0.3, -0.25) is 4.98 Å². The average Bonchev–Trinajstić information content (AvgIpc) is 2.18. The molecule has 0 unspecified atom stereocenters. The van der Waals surface area contributed by atoms with Crippen molar-refractivity contribution in [3.05, 3.63) is 28.5 Å². The van der Waals surface area contributed by atoms with E-state index in [1.54, 1.807) is 12.3 Å². The number of ether oxygens (including phenoxy) is 1. The van der Waals surface area contributed by atoms with E-state index in [9.17, 15) is 0 Å². The molecule has 1 aromatic rings. The Labute approximate surface area is 87.5 Å². The fourth-order valence-corrected chi connectivity index (χ4v) is 0.948. The van der Waals surface area contributed by atoms with Crippen LogP contribution in [0.5, 0.6) is 0 Å². The van der Waals surface area contributed by atoms with E-state index < -0.39 is 0 Å². The lowest BCUT2D eigenvalue weighted by Crippen LogP contribution is -1.92. The highest BCUT2D eigenvalue weighted by atomic mass is 35.5. The van der Waals surface area contributed by atoms with Crippen molar-refractivity contribution in [3.63, 3.8) is 0 Å². The highest BCUT2D eigenvalue weighted by molar-refractivity contribution is 6.31. The van der Waals surface area contributed by atoms with E-state index in [4.69, 9.17) is 16.4 Å². The lowest BCUT2D eigenvalue weighted by Gasteiger charge is -1.98. The largest absolute Gasteiger partial charge is 0.367 e. The van der Waals surface area contributed by atoms with Crippen LogP contribution in [0.2, 0.25) is 5.02 Å². The molecule has 0 N–H and O–H groups in total. The Bertz CT molecular complexity index is 329. The maximum Gasteiger partial charge on any atom is 0.216 e. The van der Waals surface area contributed by atoms with E-state index in [1.807, 2.05) is 6.92 Å². The summed E-state index contributed by atoms with van der Waals surface area (Å²) in [4.78, 5) is 8.80. The molecular formula is C9H11ClN2O2. The molecule has 0 amide bonds. The fourth-order valence-electron chi connectivity index (χ4n) is 0.773. The molecule has 0 radical (unpaired) electrons. The van der Waals surface area contributed by atoms with Crippen LogP contribution >= 0.6 is 11.6 Å². The number of hydrogen-bond donors (Lipinski definition) is 0. The van der Waals surface area contributed by atoms with Gasteiger partial charge < -0.3 is 9.57 Å². The van der Waals surface area contributed by atoms with Gasteiger partial charge in [0.2, 0.25) is 6.79 Å². The van der Waals surface area contributed by atoms with Gasteiger partial charge in [-0.2, -0.15) is 0 Å². The summed E-state index contributed by atoms with van der Waals surface area (Å²) in [6.45, 7) is 1.97. The first-order valence-corrected chi connectivity index (χ1v) is 4.38. The minimum atomic E-state index is 0.128. The van der Waals surface area contributed by atoms with Crippen LogP contribution < -0.4 is 0 Å².